The molecule has 8 nitrogen and oxygen atoms in total. The highest BCUT2D eigenvalue weighted by Gasteiger charge is 2.24. The van der Waals surface area contributed by atoms with Crippen molar-refractivity contribution in [3.05, 3.63) is 154 Å². The summed E-state index contributed by atoms with van der Waals surface area (Å²) in [6.45, 7) is 3.50. The van der Waals surface area contributed by atoms with E-state index in [1.54, 1.807) is 74.5 Å². The fraction of sp³-hybridized carbons (Fsp3) is 0.250. The van der Waals surface area contributed by atoms with Gasteiger partial charge in [-0.1, -0.05) is 60.7 Å². The van der Waals surface area contributed by atoms with E-state index in [1.807, 2.05) is 0 Å². The molecule has 0 aliphatic carbocycles. The summed E-state index contributed by atoms with van der Waals surface area (Å²) in [4.78, 5) is 50.2. The third-order valence-electron chi connectivity index (χ3n) is 8.29. The summed E-state index contributed by atoms with van der Waals surface area (Å²) in [5, 5.41) is 6.19. The van der Waals surface area contributed by atoms with Gasteiger partial charge in [-0.2, -0.15) is 0 Å². The van der Waals surface area contributed by atoms with Crippen LogP contribution in [0.1, 0.15) is 61.0 Å². The van der Waals surface area contributed by atoms with Crippen molar-refractivity contribution >= 4 is 23.9 Å². The van der Waals surface area contributed by atoms with Crippen LogP contribution >= 0.6 is 0 Å². The lowest BCUT2D eigenvalue weighted by molar-refractivity contribution is -0.159. The fourth-order valence-electron chi connectivity index (χ4n) is 5.65. The van der Waals surface area contributed by atoms with Gasteiger partial charge in [0.25, 0.3) is 0 Å². The first-order valence-electron chi connectivity index (χ1n) is 16.7. The zero-order valence-electron chi connectivity index (χ0n) is 29.1. The second-order valence-corrected chi connectivity index (χ2v) is 12.4. The van der Waals surface area contributed by atoms with Gasteiger partial charge in [0.05, 0.1) is 12.8 Å². The number of carbonyl (C=O) groups is 4. The maximum Gasteiger partial charge on any atom is 0.338 e. The van der Waals surface area contributed by atoms with Gasteiger partial charge in [0.1, 0.15) is 11.6 Å². The van der Waals surface area contributed by atoms with Crippen molar-refractivity contribution in [1.82, 2.24) is 10.6 Å². The molecule has 14 heteroatoms. The molecule has 0 fully saturated rings. The van der Waals surface area contributed by atoms with E-state index in [1.165, 1.54) is 0 Å². The highest BCUT2D eigenvalue weighted by atomic mass is 19.2. The van der Waals surface area contributed by atoms with Gasteiger partial charge in [-0.3, -0.25) is 9.59 Å². The topological polar surface area (TPSA) is 111 Å². The number of hydrogen-bond acceptors (Lipinski definition) is 8. The maximum absolute atomic E-state index is 14.5. The number of ether oxygens (including phenoxy) is 2. The third kappa shape index (κ3) is 12.5. The van der Waals surface area contributed by atoms with Crippen molar-refractivity contribution in [3.63, 3.8) is 0 Å². The zero-order valence-corrected chi connectivity index (χ0v) is 29.1. The van der Waals surface area contributed by atoms with E-state index >= 15 is 0 Å². The summed E-state index contributed by atoms with van der Waals surface area (Å²) in [5.41, 5.74) is 1.11. The van der Waals surface area contributed by atoms with Crippen LogP contribution in [0.2, 0.25) is 0 Å². The van der Waals surface area contributed by atoms with Gasteiger partial charge in [0.15, 0.2) is 23.3 Å². The van der Waals surface area contributed by atoms with Crippen molar-refractivity contribution in [2.75, 3.05) is 0 Å². The molecule has 4 atom stereocenters. The molecule has 4 aromatic carbocycles. The Labute approximate surface area is 307 Å². The normalized spacial score (nSPS) is 13.6. The largest absolute Gasteiger partial charge is 0.390 e. The van der Waals surface area contributed by atoms with E-state index in [0.717, 1.165) is 11.1 Å². The van der Waals surface area contributed by atoms with Crippen LogP contribution in [0.4, 0.5) is 26.3 Å². The van der Waals surface area contributed by atoms with Crippen molar-refractivity contribution in [2.24, 2.45) is 0 Å². The van der Waals surface area contributed by atoms with Crippen molar-refractivity contribution in [3.8, 4) is 0 Å². The van der Waals surface area contributed by atoms with Crippen LogP contribution in [0.25, 0.3) is 0 Å². The van der Waals surface area contributed by atoms with Gasteiger partial charge >= 0.3 is 23.9 Å². The summed E-state index contributed by atoms with van der Waals surface area (Å²) in [5.74, 6) is -12.3. The molecular weight excluding hydrogens is 718 g/mol. The molecular formula is C40H36F6N2O6. The van der Waals surface area contributed by atoms with E-state index in [9.17, 15) is 45.5 Å². The molecule has 0 amide bonds. The van der Waals surface area contributed by atoms with Crippen LogP contribution in [0.5, 0.6) is 0 Å². The van der Waals surface area contributed by atoms with Crippen LogP contribution < -0.4 is 10.6 Å². The summed E-state index contributed by atoms with van der Waals surface area (Å²) in [6.07, 6.45) is -0.602. The van der Waals surface area contributed by atoms with Gasteiger partial charge in [0, 0.05) is 48.5 Å². The average Bonchev–Trinajstić information content (AvgIpc) is 3.12. The Balaban J connectivity index is 1.36. The quantitative estimate of drug-likeness (QED) is 0.0406. The van der Waals surface area contributed by atoms with Gasteiger partial charge in [0.2, 0.25) is 0 Å². The Morgan fingerprint density at radius 3 is 1.22 bits per heavy atom. The van der Waals surface area contributed by atoms with Crippen molar-refractivity contribution in [2.45, 2.75) is 63.7 Å². The lowest BCUT2D eigenvalue weighted by atomic mass is 10.00. The van der Waals surface area contributed by atoms with Crippen molar-refractivity contribution < 1.29 is 55.0 Å². The molecule has 2 N–H and O–H groups in total. The minimum atomic E-state index is -1.39. The number of benzene rings is 4. The monoisotopic (exact) mass is 754 g/mol. The van der Waals surface area contributed by atoms with Crippen LogP contribution in [0, 0.1) is 34.9 Å². The second kappa shape index (κ2) is 19.5. The first-order valence-corrected chi connectivity index (χ1v) is 16.7. The number of halogens is 6. The molecule has 0 saturated heterocycles. The van der Waals surface area contributed by atoms with Crippen LogP contribution in [-0.2, 0) is 41.5 Å². The van der Waals surface area contributed by atoms with E-state index in [-0.39, 0.29) is 24.0 Å². The zero-order chi connectivity index (χ0) is 39.4. The first-order chi connectivity index (χ1) is 25.7. The molecule has 0 aromatic heterocycles. The summed E-state index contributed by atoms with van der Waals surface area (Å²) in [7, 11) is 0. The van der Waals surface area contributed by atoms with E-state index < -0.39 is 95.8 Å². The highest BCUT2D eigenvalue weighted by Crippen LogP contribution is 2.21. The highest BCUT2D eigenvalue weighted by molar-refractivity contribution is 5.99. The molecule has 4 rings (SSSR count). The lowest BCUT2D eigenvalue weighted by Gasteiger charge is -2.23. The Morgan fingerprint density at radius 2 is 0.870 bits per heavy atom. The molecule has 54 heavy (non-hydrogen) atoms. The predicted octanol–water partition coefficient (Wildman–Crippen LogP) is 7.22. The van der Waals surface area contributed by atoms with Crippen molar-refractivity contribution in [1.29, 1.82) is 0 Å². The summed E-state index contributed by atoms with van der Waals surface area (Å²) < 4.78 is 93.3. The summed E-state index contributed by atoms with van der Waals surface area (Å²) in [6, 6.07) is 17.2. The molecule has 0 bridgehead atoms. The van der Waals surface area contributed by atoms with Crippen LogP contribution in [0.15, 0.2) is 97.1 Å². The Hall–Kier alpha value is -5.60. The molecule has 0 aliphatic rings. The average molecular weight is 755 g/mol. The van der Waals surface area contributed by atoms with Gasteiger partial charge < -0.3 is 20.1 Å². The molecule has 0 saturated carbocycles. The molecule has 4 aromatic rings. The number of nitrogens with one attached hydrogen (secondary N) is 2. The minimum absolute atomic E-state index is 0.236. The number of rotatable bonds is 16. The molecule has 0 unspecified atom stereocenters. The van der Waals surface area contributed by atoms with Gasteiger partial charge in [-0.25, -0.2) is 35.9 Å². The standard InChI is InChI=1S/C40H36F6N2O6/c1-23(25-9-5-3-6-10-25)47-29(15-27-17-33(43)35(45)21-31(27)41)19-39(51)53-37(49)13-14-38(50)54-40(52)20-30(48-24(2)26-11-7-4-8-12-26)16-28-18-34(44)36(46)22-32(28)42/h3-14,17-18,21-24,29-30,47-48H,15-16,19-20H2,1-2H3/b14-13-/t23-,24-,29-,30-/m1/s1. The lowest BCUT2D eigenvalue weighted by Crippen LogP contribution is -2.36. The third-order valence-corrected chi connectivity index (χ3v) is 8.29. The first kappa shape index (κ1) is 41.2. The molecule has 0 heterocycles. The van der Waals surface area contributed by atoms with Gasteiger partial charge in [-0.05, 0) is 61.1 Å². The maximum atomic E-state index is 14.5. The Bertz CT molecular complexity index is 1840. The van der Waals surface area contributed by atoms with E-state index in [4.69, 9.17) is 9.47 Å². The molecule has 284 valence electrons. The predicted molar refractivity (Wildman–Crippen MR) is 184 cm³/mol. The number of carbonyl (C=O) groups excluding carboxylic acids is 4. The summed E-state index contributed by atoms with van der Waals surface area (Å²) >= 11 is 0. The molecule has 0 radical (unpaired) electrons. The SMILES string of the molecule is C[C@@H](N[C@@H](CC(=O)OC(=O)/C=C\C(=O)OC(=O)C[C@@H](Cc1cc(F)c(F)cc1F)N[C@H](C)c1ccccc1)Cc1cc(F)c(F)cc1F)c1ccccc1. The molecule has 0 aliphatic heterocycles. The van der Waals surface area contributed by atoms with Gasteiger partial charge in [-0.15, -0.1) is 0 Å². The van der Waals surface area contributed by atoms with Crippen LogP contribution in [-0.4, -0.2) is 36.0 Å². The smallest absolute Gasteiger partial charge is 0.338 e. The minimum Gasteiger partial charge on any atom is -0.390 e. The Kier molecular flexibility index (Phi) is 14.8. The number of hydrogen-bond donors (Lipinski definition) is 2. The van der Waals surface area contributed by atoms with E-state index in [2.05, 4.69) is 10.6 Å². The number of esters is 4. The van der Waals surface area contributed by atoms with E-state index in [0.29, 0.717) is 36.4 Å². The Morgan fingerprint density at radius 1 is 0.537 bits per heavy atom. The fourth-order valence-corrected chi connectivity index (χ4v) is 5.65. The molecule has 0 spiro atoms. The van der Waals surface area contributed by atoms with Crippen LogP contribution in [0.3, 0.4) is 0 Å². The second-order valence-electron chi connectivity index (χ2n) is 12.4.